The van der Waals surface area contributed by atoms with Crippen LogP contribution in [-0.4, -0.2) is 69.0 Å². The van der Waals surface area contributed by atoms with E-state index in [0.717, 1.165) is 36.9 Å². The summed E-state index contributed by atoms with van der Waals surface area (Å²) in [6, 6.07) is 7.29. The molecule has 0 saturated carbocycles. The van der Waals surface area contributed by atoms with Gasteiger partial charge < -0.3 is 10.2 Å². The fourth-order valence-corrected chi connectivity index (χ4v) is 5.29. The lowest BCUT2D eigenvalue weighted by atomic mass is 10.1. The number of rotatable bonds is 4. The quantitative estimate of drug-likeness (QED) is 0.842. The van der Waals surface area contributed by atoms with Crippen molar-refractivity contribution in [3.05, 3.63) is 29.3 Å². The van der Waals surface area contributed by atoms with Crippen LogP contribution in [0, 0.1) is 0 Å². The van der Waals surface area contributed by atoms with Crippen LogP contribution < -0.4 is 10.2 Å². The molecule has 2 atom stereocenters. The van der Waals surface area contributed by atoms with E-state index in [1.807, 2.05) is 31.2 Å². The molecule has 0 bridgehead atoms. The molecule has 1 amide bonds. The number of amides is 1. The molecule has 25 heavy (non-hydrogen) atoms. The molecule has 2 saturated heterocycles. The van der Waals surface area contributed by atoms with Gasteiger partial charge >= 0.3 is 0 Å². The molecule has 1 N–H and O–H groups in total. The number of halogens is 1. The number of hydrogen-bond donors (Lipinski definition) is 1. The Hall–Kier alpha value is -1.31. The van der Waals surface area contributed by atoms with Gasteiger partial charge in [-0.1, -0.05) is 17.7 Å². The molecule has 6 nitrogen and oxygen atoms in total. The van der Waals surface area contributed by atoms with Gasteiger partial charge in [0.1, 0.15) is 0 Å². The molecule has 1 aromatic carbocycles. The fourth-order valence-electron chi connectivity index (χ4n) is 3.44. The van der Waals surface area contributed by atoms with Gasteiger partial charge in [0.25, 0.3) is 0 Å². The Morgan fingerprint density at radius 1 is 1.28 bits per heavy atom. The van der Waals surface area contributed by atoms with Gasteiger partial charge in [-0.05, 0) is 31.5 Å². The molecular weight excluding hydrogens is 362 g/mol. The highest BCUT2D eigenvalue weighted by molar-refractivity contribution is 7.91. The highest BCUT2D eigenvalue weighted by atomic mass is 35.5. The summed E-state index contributed by atoms with van der Waals surface area (Å²) in [6.07, 6.45) is 0.517. The van der Waals surface area contributed by atoms with Gasteiger partial charge in [-0.25, -0.2) is 8.42 Å². The first-order chi connectivity index (χ1) is 11.8. The summed E-state index contributed by atoms with van der Waals surface area (Å²) in [6.45, 7) is 5.10. The summed E-state index contributed by atoms with van der Waals surface area (Å²) >= 11 is 6.05. The maximum Gasteiger partial charge on any atom is 0.237 e. The van der Waals surface area contributed by atoms with Gasteiger partial charge in [0.15, 0.2) is 9.84 Å². The van der Waals surface area contributed by atoms with E-state index in [1.165, 1.54) is 0 Å². The van der Waals surface area contributed by atoms with Crippen molar-refractivity contribution in [2.45, 2.75) is 25.4 Å². The van der Waals surface area contributed by atoms with E-state index in [4.69, 9.17) is 11.6 Å². The Bertz CT molecular complexity index is 732. The number of nitrogens with zero attached hydrogens (tertiary/aromatic N) is 2. The van der Waals surface area contributed by atoms with Crippen LogP contribution in [0.2, 0.25) is 5.02 Å². The highest BCUT2D eigenvalue weighted by Crippen LogP contribution is 2.21. The van der Waals surface area contributed by atoms with Crippen molar-refractivity contribution >= 4 is 33.0 Å². The van der Waals surface area contributed by atoms with E-state index in [2.05, 4.69) is 15.1 Å². The second kappa shape index (κ2) is 7.51. The first-order valence-corrected chi connectivity index (χ1v) is 10.8. The Kier molecular flexibility index (Phi) is 5.55. The first kappa shape index (κ1) is 18.5. The maximum atomic E-state index is 12.4. The van der Waals surface area contributed by atoms with Crippen molar-refractivity contribution in [1.29, 1.82) is 0 Å². The van der Waals surface area contributed by atoms with Crippen LogP contribution in [0.25, 0.3) is 0 Å². The van der Waals surface area contributed by atoms with Crippen LogP contribution in [0.1, 0.15) is 13.3 Å². The number of nitrogens with one attached hydrogen (secondary N) is 1. The van der Waals surface area contributed by atoms with Crippen LogP contribution in [0.15, 0.2) is 24.3 Å². The summed E-state index contributed by atoms with van der Waals surface area (Å²) < 4.78 is 23.0. The van der Waals surface area contributed by atoms with E-state index in [1.54, 1.807) is 0 Å². The average Bonchev–Trinajstić information content (AvgIpc) is 2.93. The van der Waals surface area contributed by atoms with E-state index in [0.29, 0.717) is 6.42 Å². The zero-order chi connectivity index (χ0) is 18.0. The van der Waals surface area contributed by atoms with Crippen molar-refractivity contribution in [1.82, 2.24) is 10.2 Å². The number of carbonyl (C=O) groups excluding carboxylic acids is 1. The third-order valence-electron chi connectivity index (χ3n) is 4.99. The van der Waals surface area contributed by atoms with Crippen molar-refractivity contribution in [2.24, 2.45) is 0 Å². The fraction of sp³-hybridized carbons (Fsp3) is 0.588. The molecule has 0 aromatic heterocycles. The number of hydrogen-bond acceptors (Lipinski definition) is 5. The molecule has 2 fully saturated rings. The Morgan fingerprint density at radius 3 is 2.60 bits per heavy atom. The Labute approximate surface area is 154 Å². The molecule has 0 aliphatic carbocycles. The normalized spacial score (nSPS) is 24.9. The first-order valence-electron chi connectivity index (χ1n) is 8.59. The van der Waals surface area contributed by atoms with E-state index in [-0.39, 0.29) is 29.5 Å². The predicted octanol–water partition coefficient (Wildman–Crippen LogP) is 1.15. The number of benzene rings is 1. The third-order valence-corrected chi connectivity index (χ3v) is 7.00. The lowest BCUT2D eigenvalue weighted by Gasteiger charge is -2.38. The molecular formula is C17H24ClN3O3S. The average molecular weight is 386 g/mol. The Morgan fingerprint density at radius 2 is 2.00 bits per heavy atom. The molecule has 2 aliphatic heterocycles. The molecule has 8 heteroatoms. The van der Waals surface area contributed by atoms with Gasteiger partial charge in [0.2, 0.25) is 5.91 Å². The smallest absolute Gasteiger partial charge is 0.237 e. The summed E-state index contributed by atoms with van der Waals surface area (Å²) in [5.41, 5.74) is 1.10. The number of sulfone groups is 1. The number of anilines is 1. The summed E-state index contributed by atoms with van der Waals surface area (Å²) in [5.74, 6) is 0.150. The molecule has 0 radical (unpaired) electrons. The van der Waals surface area contributed by atoms with Gasteiger partial charge in [0.05, 0.1) is 17.5 Å². The largest absolute Gasteiger partial charge is 0.369 e. The van der Waals surface area contributed by atoms with Crippen LogP contribution in [0.5, 0.6) is 0 Å². The van der Waals surface area contributed by atoms with Gasteiger partial charge in [0, 0.05) is 42.9 Å². The molecule has 0 spiro atoms. The lowest BCUT2D eigenvalue weighted by molar-refractivity contribution is -0.126. The van der Waals surface area contributed by atoms with Crippen LogP contribution in [-0.2, 0) is 14.6 Å². The minimum atomic E-state index is -2.98. The molecule has 3 rings (SSSR count). The third kappa shape index (κ3) is 4.65. The maximum absolute atomic E-state index is 12.4. The standard InChI is InChI=1S/C17H24ClN3O3S/c1-13(17(22)19-15-5-10-25(23,24)12-15)20-6-8-21(9-7-20)16-4-2-3-14(18)11-16/h2-4,11,13,15H,5-10,12H2,1H3,(H,19,22). The minimum absolute atomic E-state index is 0.0635. The zero-order valence-electron chi connectivity index (χ0n) is 14.3. The second-order valence-electron chi connectivity index (χ2n) is 6.79. The molecule has 2 heterocycles. The number of carbonyl (C=O) groups is 1. The Balaban J connectivity index is 1.51. The molecule has 138 valence electrons. The highest BCUT2D eigenvalue weighted by Gasteiger charge is 2.32. The van der Waals surface area contributed by atoms with E-state index >= 15 is 0 Å². The monoisotopic (exact) mass is 385 g/mol. The van der Waals surface area contributed by atoms with Crippen molar-refractivity contribution in [2.75, 3.05) is 42.6 Å². The summed E-state index contributed by atoms with van der Waals surface area (Å²) in [7, 11) is -2.98. The second-order valence-corrected chi connectivity index (χ2v) is 9.45. The minimum Gasteiger partial charge on any atom is -0.369 e. The predicted molar refractivity (Wildman–Crippen MR) is 99.9 cm³/mol. The van der Waals surface area contributed by atoms with E-state index in [9.17, 15) is 13.2 Å². The van der Waals surface area contributed by atoms with Gasteiger partial charge in [-0.3, -0.25) is 9.69 Å². The van der Waals surface area contributed by atoms with Gasteiger partial charge in [-0.15, -0.1) is 0 Å². The topological polar surface area (TPSA) is 69.7 Å². The molecule has 2 unspecified atom stereocenters. The van der Waals surface area contributed by atoms with Crippen LogP contribution in [0.4, 0.5) is 5.69 Å². The van der Waals surface area contributed by atoms with Crippen molar-refractivity contribution < 1.29 is 13.2 Å². The van der Waals surface area contributed by atoms with Crippen LogP contribution in [0.3, 0.4) is 0 Å². The zero-order valence-corrected chi connectivity index (χ0v) is 15.9. The van der Waals surface area contributed by atoms with Crippen LogP contribution >= 0.6 is 11.6 Å². The summed E-state index contributed by atoms with van der Waals surface area (Å²) in [5, 5.41) is 3.61. The summed E-state index contributed by atoms with van der Waals surface area (Å²) in [4.78, 5) is 16.8. The van der Waals surface area contributed by atoms with Crippen molar-refractivity contribution in [3.63, 3.8) is 0 Å². The number of piperazine rings is 1. The van der Waals surface area contributed by atoms with E-state index < -0.39 is 9.84 Å². The molecule has 2 aliphatic rings. The van der Waals surface area contributed by atoms with Crippen molar-refractivity contribution in [3.8, 4) is 0 Å². The van der Waals surface area contributed by atoms with Gasteiger partial charge in [-0.2, -0.15) is 0 Å². The lowest BCUT2D eigenvalue weighted by Crippen LogP contribution is -2.55. The SMILES string of the molecule is CC(C(=O)NC1CCS(=O)(=O)C1)N1CCN(c2cccc(Cl)c2)CC1. The molecule has 1 aromatic rings.